The Balaban J connectivity index is 1.57. The largest absolute Gasteiger partial charge is 0.490 e. The summed E-state index contributed by atoms with van der Waals surface area (Å²) in [5.41, 5.74) is 1.79. The van der Waals surface area contributed by atoms with E-state index in [1.807, 2.05) is 19.1 Å². The van der Waals surface area contributed by atoms with Crippen molar-refractivity contribution in [2.75, 3.05) is 24.7 Å². The van der Waals surface area contributed by atoms with Gasteiger partial charge in [-0.1, -0.05) is 5.21 Å². The normalized spacial score (nSPS) is 15.2. The number of urea groups is 1. The van der Waals surface area contributed by atoms with Crippen molar-refractivity contribution < 1.29 is 14.3 Å². The molecule has 2 heterocycles. The zero-order valence-electron chi connectivity index (χ0n) is 14.3. The first-order chi connectivity index (χ1) is 11.9. The average Bonchev–Trinajstić information content (AvgIpc) is 3.11. The van der Waals surface area contributed by atoms with E-state index in [1.54, 1.807) is 20.2 Å². The summed E-state index contributed by atoms with van der Waals surface area (Å²) in [5, 5.41) is 13.0. The van der Waals surface area contributed by atoms with Crippen LogP contribution in [0.5, 0.6) is 5.75 Å². The molecule has 1 aliphatic rings. The molecule has 25 heavy (non-hydrogen) atoms. The summed E-state index contributed by atoms with van der Waals surface area (Å²) in [4.78, 5) is 25.1. The van der Waals surface area contributed by atoms with Gasteiger partial charge in [0.05, 0.1) is 6.20 Å². The number of fused-ring (bicyclic) bond motifs is 1. The summed E-state index contributed by atoms with van der Waals surface area (Å²) in [6.07, 6.45) is 2.49. The van der Waals surface area contributed by atoms with Gasteiger partial charge in [0.1, 0.15) is 18.4 Å². The molecule has 0 aliphatic carbocycles. The van der Waals surface area contributed by atoms with Crippen LogP contribution in [-0.2, 0) is 17.8 Å². The smallest absolute Gasteiger partial charge is 0.322 e. The van der Waals surface area contributed by atoms with Crippen LogP contribution in [0.15, 0.2) is 24.4 Å². The van der Waals surface area contributed by atoms with Gasteiger partial charge in [-0.25, -0.2) is 9.48 Å². The summed E-state index contributed by atoms with van der Waals surface area (Å²) in [6.45, 7) is 2.00. The van der Waals surface area contributed by atoms with Crippen molar-refractivity contribution in [2.45, 2.75) is 26.0 Å². The second-order valence-corrected chi connectivity index (χ2v) is 6.13. The van der Waals surface area contributed by atoms with Crippen LogP contribution < -0.4 is 15.4 Å². The first-order valence-electron chi connectivity index (χ1n) is 7.88. The molecule has 9 heteroatoms. The number of rotatable bonds is 4. The summed E-state index contributed by atoms with van der Waals surface area (Å²) in [6, 6.07) is 5.27. The Kier molecular flexibility index (Phi) is 4.55. The second-order valence-electron chi connectivity index (χ2n) is 6.13. The number of amides is 3. The molecule has 0 saturated carbocycles. The third-order valence-electron chi connectivity index (χ3n) is 3.67. The van der Waals surface area contributed by atoms with Crippen molar-refractivity contribution in [3.05, 3.63) is 30.0 Å². The van der Waals surface area contributed by atoms with E-state index >= 15 is 0 Å². The quantitative estimate of drug-likeness (QED) is 0.871. The fourth-order valence-electron chi connectivity index (χ4n) is 2.50. The summed E-state index contributed by atoms with van der Waals surface area (Å²) < 4.78 is 7.00. The number of benzene rings is 1. The molecule has 0 spiro atoms. The lowest BCUT2D eigenvalue weighted by Crippen LogP contribution is -2.27. The molecule has 2 N–H and O–H groups in total. The Morgan fingerprint density at radius 2 is 2.16 bits per heavy atom. The van der Waals surface area contributed by atoms with Crippen molar-refractivity contribution in [3.8, 4) is 5.75 Å². The highest BCUT2D eigenvalue weighted by atomic mass is 16.5. The van der Waals surface area contributed by atoms with Crippen molar-refractivity contribution in [1.82, 2.24) is 19.9 Å². The van der Waals surface area contributed by atoms with Gasteiger partial charge < -0.3 is 15.0 Å². The monoisotopic (exact) mass is 344 g/mol. The first kappa shape index (κ1) is 16.7. The minimum atomic E-state index is -0.314. The molecule has 3 rings (SSSR count). The van der Waals surface area contributed by atoms with Crippen LogP contribution in [0.1, 0.15) is 12.5 Å². The van der Waals surface area contributed by atoms with Crippen molar-refractivity contribution >= 4 is 23.4 Å². The van der Waals surface area contributed by atoms with Gasteiger partial charge in [-0.15, -0.1) is 5.10 Å². The topological polar surface area (TPSA) is 101 Å². The van der Waals surface area contributed by atoms with Crippen LogP contribution in [0.2, 0.25) is 0 Å². The van der Waals surface area contributed by atoms with Gasteiger partial charge in [0.25, 0.3) is 0 Å². The van der Waals surface area contributed by atoms with Gasteiger partial charge in [-0.05, 0) is 30.7 Å². The minimum absolute atomic E-state index is 0.00514. The SMILES string of the molecule is CC1Cc2cc(NC(=O)Cn3cc(NC(=O)N(C)C)nn3)ccc2O1. The van der Waals surface area contributed by atoms with Crippen LogP contribution in [0.4, 0.5) is 16.3 Å². The number of nitrogens with zero attached hydrogens (tertiary/aromatic N) is 4. The Labute approximate surface area is 144 Å². The standard InChI is InChI=1S/C16H20N6O3/c1-10-6-11-7-12(4-5-13(11)25-10)17-15(23)9-22-8-14(19-20-22)18-16(24)21(2)3/h4-5,7-8,10H,6,9H2,1-3H3,(H,17,23)(H,18,24). The average molecular weight is 344 g/mol. The van der Waals surface area contributed by atoms with Gasteiger partial charge in [-0.2, -0.15) is 0 Å². The lowest BCUT2D eigenvalue weighted by Gasteiger charge is -2.09. The first-order valence-corrected chi connectivity index (χ1v) is 7.88. The Morgan fingerprint density at radius 1 is 1.36 bits per heavy atom. The number of ether oxygens (including phenoxy) is 1. The molecule has 9 nitrogen and oxygen atoms in total. The van der Waals surface area contributed by atoms with Gasteiger partial charge in [0.2, 0.25) is 5.91 Å². The summed E-state index contributed by atoms with van der Waals surface area (Å²) >= 11 is 0. The van der Waals surface area contributed by atoms with E-state index in [2.05, 4.69) is 20.9 Å². The molecule has 0 radical (unpaired) electrons. The molecule has 0 fully saturated rings. The molecule has 1 aromatic carbocycles. The van der Waals surface area contributed by atoms with E-state index in [0.29, 0.717) is 5.69 Å². The van der Waals surface area contributed by atoms with Gasteiger partial charge in [-0.3, -0.25) is 10.1 Å². The predicted octanol–water partition coefficient (Wildman–Crippen LogP) is 1.33. The lowest BCUT2D eigenvalue weighted by atomic mass is 10.1. The van der Waals surface area contributed by atoms with E-state index in [4.69, 9.17) is 4.74 Å². The van der Waals surface area contributed by atoms with Crippen molar-refractivity contribution in [2.24, 2.45) is 0 Å². The third-order valence-corrected chi connectivity index (χ3v) is 3.67. The zero-order valence-corrected chi connectivity index (χ0v) is 14.3. The lowest BCUT2D eigenvalue weighted by molar-refractivity contribution is -0.116. The Morgan fingerprint density at radius 3 is 2.92 bits per heavy atom. The molecule has 2 aromatic rings. The Bertz CT molecular complexity index is 801. The fraction of sp³-hybridized carbons (Fsp3) is 0.375. The van der Waals surface area contributed by atoms with Gasteiger partial charge in [0.15, 0.2) is 5.82 Å². The molecule has 3 amide bonds. The molecular formula is C16H20N6O3. The number of nitrogens with one attached hydrogen (secondary N) is 2. The molecule has 0 saturated heterocycles. The van der Waals surface area contributed by atoms with Crippen molar-refractivity contribution in [3.63, 3.8) is 0 Å². The van der Waals surface area contributed by atoms with E-state index < -0.39 is 0 Å². The van der Waals surface area contributed by atoms with E-state index in [-0.39, 0.29) is 30.4 Å². The van der Waals surface area contributed by atoms with Crippen LogP contribution >= 0.6 is 0 Å². The number of anilines is 2. The Hall–Kier alpha value is -3.10. The molecule has 1 aromatic heterocycles. The highest BCUT2D eigenvalue weighted by molar-refractivity contribution is 5.91. The number of carbonyl (C=O) groups excluding carboxylic acids is 2. The zero-order chi connectivity index (χ0) is 18.0. The maximum atomic E-state index is 12.2. The molecular weight excluding hydrogens is 324 g/mol. The maximum Gasteiger partial charge on any atom is 0.322 e. The third kappa shape index (κ3) is 4.06. The molecule has 1 aliphatic heterocycles. The molecule has 132 valence electrons. The summed E-state index contributed by atoms with van der Waals surface area (Å²) in [7, 11) is 3.24. The van der Waals surface area contributed by atoms with Crippen molar-refractivity contribution in [1.29, 1.82) is 0 Å². The predicted molar refractivity (Wildman–Crippen MR) is 91.6 cm³/mol. The fourth-order valence-corrected chi connectivity index (χ4v) is 2.50. The van der Waals surface area contributed by atoms with E-state index in [9.17, 15) is 9.59 Å². The number of hydrogen-bond donors (Lipinski definition) is 2. The minimum Gasteiger partial charge on any atom is -0.490 e. The highest BCUT2D eigenvalue weighted by Gasteiger charge is 2.19. The summed E-state index contributed by atoms with van der Waals surface area (Å²) in [5.74, 6) is 0.917. The number of carbonyl (C=O) groups is 2. The number of aromatic nitrogens is 3. The van der Waals surface area contributed by atoms with E-state index in [0.717, 1.165) is 17.7 Å². The second kappa shape index (κ2) is 6.80. The van der Waals surface area contributed by atoms with Crippen LogP contribution in [0.3, 0.4) is 0 Å². The van der Waals surface area contributed by atoms with Gasteiger partial charge >= 0.3 is 6.03 Å². The molecule has 1 unspecified atom stereocenters. The van der Waals surface area contributed by atoms with Crippen LogP contribution in [-0.4, -0.2) is 52.0 Å². The van der Waals surface area contributed by atoms with Gasteiger partial charge in [0, 0.05) is 26.2 Å². The van der Waals surface area contributed by atoms with Crippen LogP contribution in [0, 0.1) is 0 Å². The molecule has 0 bridgehead atoms. The maximum absolute atomic E-state index is 12.2. The van der Waals surface area contributed by atoms with E-state index in [1.165, 1.54) is 15.8 Å². The highest BCUT2D eigenvalue weighted by Crippen LogP contribution is 2.30. The van der Waals surface area contributed by atoms with Crippen LogP contribution in [0.25, 0.3) is 0 Å². The number of hydrogen-bond acceptors (Lipinski definition) is 5. The molecule has 1 atom stereocenters.